The molecule has 0 saturated heterocycles. The van der Waals surface area contributed by atoms with Gasteiger partial charge < -0.3 is 20.1 Å². The number of fused-ring (bicyclic) bond motifs is 1. The average Bonchev–Trinajstić information content (AvgIpc) is 2.87. The van der Waals surface area contributed by atoms with E-state index >= 15 is 0 Å². The van der Waals surface area contributed by atoms with Gasteiger partial charge in [-0.3, -0.25) is 4.79 Å². The summed E-state index contributed by atoms with van der Waals surface area (Å²) in [6, 6.07) is 5.41. The second kappa shape index (κ2) is 8.79. The van der Waals surface area contributed by atoms with Crippen LogP contribution in [0.1, 0.15) is 45.4 Å². The van der Waals surface area contributed by atoms with Gasteiger partial charge in [-0.05, 0) is 51.2 Å². The van der Waals surface area contributed by atoms with Crippen LogP contribution in [0.25, 0.3) is 0 Å². The summed E-state index contributed by atoms with van der Waals surface area (Å²) in [6.45, 7) is 3.91. The number of rotatable bonds is 6. The number of amides is 1. The highest BCUT2D eigenvalue weighted by molar-refractivity contribution is 5.84. The molecule has 0 fully saturated rings. The minimum atomic E-state index is -0.301. The first-order valence-corrected chi connectivity index (χ1v) is 9.34. The van der Waals surface area contributed by atoms with Crippen molar-refractivity contribution in [2.24, 2.45) is 0 Å². The maximum absolute atomic E-state index is 12.3. The SMILES string of the molecule is CC(Nc1ccc2c(c1)OCCCO2)C(=O)NCCC1=CCCCC1. The number of anilines is 1. The summed E-state index contributed by atoms with van der Waals surface area (Å²) in [7, 11) is 0. The Morgan fingerprint density at radius 3 is 2.80 bits per heavy atom. The van der Waals surface area contributed by atoms with Gasteiger partial charge in [0.15, 0.2) is 11.5 Å². The summed E-state index contributed by atoms with van der Waals surface area (Å²) in [5, 5.41) is 6.26. The van der Waals surface area contributed by atoms with Crippen LogP contribution in [0.4, 0.5) is 5.69 Å². The van der Waals surface area contributed by atoms with E-state index in [1.54, 1.807) is 0 Å². The fourth-order valence-corrected chi connectivity index (χ4v) is 3.20. The van der Waals surface area contributed by atoms with Gasteiger partial charge in [0.2, 0.25) is 5.91 Å². The molecule has 0 aromatic heterocycles. The number of hydrogen-bond donors (Lipinski definition) is 2. The van der Waals surface area contributed by atoms with E-state index in [4.69, 9.17) is 9.47 Å². The van der Waals surface area contributed by atoms with Crippen molar-refractivity contribution < 1.29 is 14.3 Å². The zero-order valence-electron chi connectivity index (χ0n) is 15.0. The molecule has 3 rings (SSSR count). The molecule has 2 aliphatic rings. The van der Waals surface area contributed by atoms with Gasteiger partial charge in [-0.15, -0.1) is 0 Å². The third-order valence-electron chi connectivity index (χ3n) is 4.65. The number of carbonyl (C=O) groups excluding carboxylic acids is 1. The molecule has 1 heterocycles. The van der Waals surface area contributed by atoms with Crippen molar-refractivity contribution in [1.29, 1.82) is 0 Å². The van der Waals surface area contributed by atoms with Crippen LogP contribution in [0.2, 0.25) is 0 Å². The smallest absolute Gasteiger partial charge is 0.242 e. The highest BCUT2D eigenvalue weighted by atomic mass is 16.5. The maximum Gasteiger partial charge on any atom is 0.242 e. The van der Waals surface area contributed by atoms with Crippen molar-refractivity contribution in [2.75, 3.05) is 25.1 Å². The summed E-state index contributed by atoms with van der Waals surface area (Å²) in [5.74, 6) is 1.52. The molecule has 1 atom stereocenters. The third kappa shape index (κ3) is 5.15. The van der Waals surface area contributed by atoms with E-state index in [-0.39, 0.29) is 11.9 Å². The van der Waals surface area contributed by atoms with E-state index in [9.17, 15) is 4.79 Å². The third-order valence-corrected chi connectivity index (χ3v) is 4.65. The second-order valence-electron chi connectivity index (χ2n) is 6.73. The van der Waals surface area contributed by atoms with E-state index < -0.39 is 0 Å². The summed E-state index contributed by atoms with van der Waals surface area (Å²) >= 11 is 0. The first-order chi connectivity index (χ1) is 12.2. The van der Waals surface area contributed by atoms with E-state index in [1.165, 1.54) is 31.3 Å². The van der Waals surface area contributed by atoms with Crippen LogP contribution in [-0.2, 0) is 4.79 Å². The largest absolute Gasteiger partial charge is 0.490 e. The van der Waals surface area contributed by atoms with Gasteiger partial charge in [0.1, 0.15) is 6.04 Å². The van der Waals surface area contributed by atoms with Crippen molar-refractivity contribution in [3.63, 3.8) is 0 Å². The van der Waals surface area contributed by atoms with E-state index in [1.807, 2.05) is 25.1 Å². The topological polar surface area (TPSA) is 59.6 Å². The van der Waals surface area contributed by atoms with Crippen LogP contribution in [0.5, 0.6) is 11.5 Å². The molecule has 0 spiro atoms. The summed E-state index contributed by atoms with van der Waals surface area (Å²) in [5.41, 5.74) is 2.34. The Labute approximate surface area is 149 Å². The molecule has 2 N–H and O–H groups in total. The molecule has 1 aromatic carbocycles. The van der Waals surface area contributed by atoms with Crippen LogP contribution in [0.15, 0.2) is 29.8 Å². The first-order valence-electron chi connectivity index (χ1n) is 9.34. The Morgan fingerprint density at radius 1 is 1.16 bits per heavy atom. The molecule has 5 nitrogen and oxygen atoms in total. The summed E-state index contributed by atoms with van der Waals surface area (Å²) < 4.78 is 11.3. The number of allylic oxidation sites excluding steroid dienone is 1. The summed E-state index contributed by atoms with van der Waals surface area (Å²) in [6.07, 6.45) is 9.12. The highest BCUT2D eigenvalue weighted by Gasteiger charge is 2.15. The first kappa shape index (κ1) is 17.6. The Bertz CT molecular complexity index is 627. The molecule has 0 bridgehead atoms. The van der Waals surface area contributed by atoms with E-state index in [0.29, 0.717) is 19.8 Å². The summed E-state index contributed by atoms with van der Waals surface area (Å²) in [4.78, 5) is 12.3. The van der Waals surface area contributed by atoms with Gasteiger partial charge in [0.05, 0.1) is 13.2 Å². The Kier molecular flexibility index (Phi) is 6.20. The minimum absolute atomic E-state index is 0.0171. The van der Waals surface area contributed by atoms with Gasteiger partial charge in [0.25, 0.3) is 0 Å². The van der Waals surface area contributed by atoms with Crippen molar-refractivity contribution in [2.45, 2.75) is 51.5 Å². The lowest BCUT2D eigenvalue weighted by atomic mass is 9.97. The van der Waals surface area contributed by atoms with Crippen LogP contribution in [0.3, 0.4) is 0 Å². The molecular weight excluding hydrogens is 316 g/mol. The van der Waals surface area contributed by atoms with Crippen LogP contribution in [0, 0.1) is 0 Å². The average molecular weight is 344 g/mol. The molecule has 0 saturated carbocycles. The van der Waals surface area contributed by atoms with Gasteiger partial charge >= 0.3 is 0 Å². The highest BCUT2D eigenvalue weighted by Crippen LogP contribution is 2.32. The predicted molar refractivity (Wildman–Crippen MR) is 99.3 cm³/mol. The van der Waals surface area contributed by atoms with Crippen molar-refractivity contribution in [3.8, 4) is 11.5 Å². The van der Waals surface area contributed by atoms with Crippen molar-refractivity contribution >= 4 is 11.6 Å². The molecule has 1 aromatic rings. The minimum Gasteiger partial charge on any atom is -0.490 e. The van der Waals surface area contributed by atoms with Gasteiger partial charge in [-0.2, -0.15) is 0 Å². The molecule has 1 unspecified atom stereocenters. The van der Waals surface area contributed by atoms with Gasteiger partial charge in [0, 0.05) is 24.7 Å². The monoisotopic (exact) mass is 344 g/mol. The lowest BCUT2D eigenvalue weighted by molar-refractivity contribution is -0.121. The zero-order valence-corrected chi connectivity index (χ0v) is 15.0. The molecule has 0 radical (unpaired) electrons. The Hall–Kier alpha value is -2.17. The van der Waals surface area contributed by atoms with Crippen LogP contribution in [-0.4, -0.2) is 31.7 Å². The molecule has 1 aliphatic heterocycles. The number of carbonyl (C=O) groups is 1. The number of hydrogen-bond acceptors (Lipinski definition) is 4. The maximum atomic E-state index is 12.3. The number of benzene rings is 1. The molecule has 25 heavy (non-hydrogen) atoms. The van der Waals surface area contributed by atoms with Gasteiger partial charge in [-0.25, -0.2) is 0 Å². The zero-order chi connectivity index (χ0) is 17.5. The fourth-order valence-electron chi connectivity index (χ4n) is 3.20. The Morgan fingerprint density at radius 2 is 2.00 bits per heavy atom. The molecule has 5 heteroatoms. The predicted octanol–water partition coefficient (Wildman–Crippen LogP) is 3.66. The quantitative estimate of drug-likeness (QED) is 0.773. The van der Waals surface area contributed by atoms with E-state index in [2.05, 4.69) is 16.7 Å². The molecular formula is C20H28N2O3. The lowest BCUT2D eigenvalue weighted by Crippen LogP contribution is -2.38. The fraction of sp³-hybridized carbons (Fsp3) is 0.550. The van der Waals surface area contributed by atoms with Crippen LogP contribution < -0.4 is 20.1 Å². The Balaban J connectivity index is 1.47. The number of ether oxygens (including phenoxy) is 2. The van der Waals surface area contributed by atoms with Crippen molar-refractivity contribution in [1.82, 2.24) is 5.32 Å². The van der Waals surface area contributed by atoms with E-state index in [0.717, 1.165) is 30.0 Å². The normalized spacial score (nSPS) is 17.9. The standard InChI is InChI=1S/C20H28N2O3/c1-15(20(23)21-11-10-16-6-3-2-4-7-16)22-17-8-9-18-19(14-17)25-13-5-12-24-18/h6,8-9,14-15,22H,2-5,7,10-13H2,1H3,(H,21,23). The lowest BCUT2D eigenvalue weighted by Gasteiger charge is -2.17. The molecule has 136 valence electrons. The molecule has 1 amide bonds. The van der Waals surface area contributed by atoms with Crippen molar-refractivity contribution in [3.05, 3.63) is 29.8 Å². The molecule has 1 aliphatic carbocycles. The number of nitrogens with one attached hydrogen (secondary N) is 2. The van der Waals surface area contributed by atoms with Crippen LogP contribution >= 0.6 is 0 Å². The van der Waals surface area contributed by atoms with Gasteiger partial charge in [-0.1, -0.05) is 11.6 Å². The second-order valence-corrected chi connectivity index (χ2v) is 6.73.